The molecule has 162 valence electrons. The van der Waals surface area contributed by atoms with Crippen molar-refractivity contribution in [2.75, 3.05) is 49.7 Å². The van der Waals surface area contributed by atoms with Gasteiger partial charge in [0.1, 0.15) is 5.82 Å². The highest BCUT2D eigenvalue weighted by Crippen LogP contribution is 2.28. The number of nitrogens with one attached hydrogen (secondary N) is 2. The van der Waals surface area contributed by atoms with Crippen LogP contribution < -0.4 is 15.6 Å². The van der Waals surface area contributed by atoms with Crippen LogP contribution in [-0.4, -0.2) is 60.2 Å². The largest absolute Gasteiger partial charge is 0.378 e. The Morgan fingerprint density at radius 3 is 2.81 bits per heavy atom. The van der Waals surface area contributed by atoms with Crippen LogP contribution >= 0.6 is 0 Å². The summed E-state index contributed by atoms with van der Waals surface area (Å²) in [5.41, 5.74) is 7.37. The Hall–Kier alpha value is -2.97. The van der Waals surface area contributed by atoms with Gasteiger partial charge in [-0.15, -0.1) is 0 Å². The van der Waals surface area contributed by atoms with Gasteiger partial charge in [0, 0.05) is 31.1 Å². The number of morpholine rings is 1. The van der Waals surface area contributed by atoms with Crippen LogP contribution in [0.5, 0.6) is 0 Å². The molecule has 2 N–H and O–H groups in total. The van der Waals surface area contributed by atoms with Crippen LogP contribution in [0.1, 0.15) is 35.6 Å². The molecule has 3 aromatic rings. The van der Waals surface area contributed by atoms with E-state index in [1.807, 2.05) is 28.9 Å². The van der Waals surface area contributed by atoms with Gasteiger partial charge in [0.2, 0.25) is 0 Å². The van der Waals surface area contributed by atoms with E-state index >= 15 is 0 Å². The maximum atomic E-state index is 5.55. The van der Waals surface area contributed by atoms with Crippen molar-refractivity contribution >= 4 is 23.5 Å². The second kappa shape index (κ2) is 9.03. The van der Waals surface area contributed by atoms with Crippen molar-refractivity contribution in [3.63, 3.8) is 0 Å². The van der Waals surface area contributed by atoms with E-state index in [9.17, 15) is 0 Å². The molecule has 5 rings (SSSR count). The number of ether oxygens (including phenoxy) is 1. The average molecular weight is 420 g/mol. The zero-order chi connectivity index (χ0) is 21.0. The van der Waals surface area contributed by atoms with Crippen molar-refractivity contribution in [3.05, 3.63) is 53.2 Å². The summed E-state index contributed by atoms with van der Waals surface area (Å²) in [6.07, 6.45) is 4.05. The highest BCUT2D eigenvalue weighted by atomic mass is 16.5. The molecule has 0 amide bonds. The van der Waals surface area contributed by atoms with Crippen LogP contribution in [0.25, 0.3) is 5.65 Å². The molecule has 2 aliphatic rings. The van der Waals surface area contributed by atoms with Gasteiger partial charge in [0.05, 0.1) is 25.1 Å². The van der Waals surface area contributed by atoms with E-state index in [2.05, 4.69) is 45.9 Å². The molecule has 0 saturated carbocycles. The third-order valence-electron chi connectivity index (χ3n) is 5.95. The van der Waals surface area contributed by atoms with Crippen molar-refractivity contribution in [1.82, 2.24) is 19.9 Å². The Labute approximate surface area is 182 Å². The minimum absolute atomic E-state index is 0.483. The molecule has 0 atom stereocenters. The Morgan fingerprint density at radius 1 is 1.16 bits per heavy atom. The van der Waals surface area contributed by atoms with Crippen LogP contribution in [-0.2, 0) is 4.74 Å². The lowest BCUT2D eigenvalue weighted by molar-refractivity contribution is 0.122. The molecule has 2 fully saturated rings. The predicted molar refractivity (Wildman–Crippen MR) is 123 cm³/mol. The molecule has 2 aromatic heterocycles. The minimum Gasteiger partial charge on any atom is -0.378 e. The quantitative estimate of drug-likeness (QED) is 0.489. The summed E-state index contributed by atoms with van der Waals surface area (Å²) < 4.78 is 7.54. The summed E-state index contributed by atoms with van der Waals surface area (Å²) >= 11 is 0. The average Bonchev–Trinajstić information content (AvgIpc) is 3.24. The van der Waals surface area contributed by atoms with E-state index in [4.69, 9.17) is 14.8 Å². The molecule has 4 heterocycles. The number of anilines is 2. The van der Waals surface area contributed by atoms with Gasteiger partial charge in [-0.05, 0) is 38.4 Å². The molecule has 8 nitrogen and oxygen atoms in total. The molecule has 2 saturated heterocycles. The van der Waals surface area contributed by atoms with E-state index < -0.39 is 0 Å². The molecule has 0 aliphatic carbocycles. The maximum absolute atomic E-state index is 5.55. The lowest BCUT2D eigenvalue weighted by atomic mass is 9.95. The number of rotatable bonds is 5. The molecular weight excluding hydrogens is 390 g/mol. The smallest absolute Gasteiger partial charge is 0.160 e. The Balaban J connectivity index is 1.46. The van der Waals surface area contributed by atoms with E-state index in [1.54, 1.807) is 0 Å². The number of aryl methyl sites for hydroxylation is 1. The molecule has 8 heteroatoms. The second-order valence-electron chi connectivity index (χ2n) is 8.25. The molecule has 0 spiro atoms. The van der Waals surface area contributed by atoms with Crippen LogP contribution in [0.3, 0.4) is 0 Å². The second-order valence-corrected chi connectivity index (χ2v) is 8.25. The summed E-state index contributed by atoms with van der Waals surface area (Å²) in [5.74, 6) is 2.23. The first-order valence-corrected chi connectivity index (χ1v) is 11.1. The Bertz CT molecular complexity index is 1060. The number of piperidine rings is 1. The van der Waals surface area contributed by atoms with Gasteiger partial charge in [-0.25, -0.2) is 4.98 Å². The fourth-order valence-corrected chi connectivity index (χ4v) is 4.29. The SMILES string of the molecule is Cc1cccc(/C=N/Nc2cc(N3CCOCC3)n3nc(C4CCNCC4)cc3n2)c1. The van der Waals surface area contributed by atoms with Gasteiger partial charge >= 0.3 is 0 Å². The van der Waals surface area contributed by atoms with Crippen LogP contribution in [0.15, 0.2) is 41.5 Å². The third-order valence-corrected chi connectivity index (χ3v) is 5.95. The Kier molecular flexibility index (Phi) is 5.82. The van der Waals surface area contributed by atoms with Crippen molar-refractivity contribution in [3.8, 4) is 0 Å². The van der Waals surface area contributed by atoms with Crippen LogP contribution in [0.2, 0.25) is 0 Å². The first-order chi connectivity index (χ1) is 15.3. The van der Waals surface area contributed by atoms with Crippen molar-refractivity contribution < 1.29 is 4.74 Å². The lowest BCUT2D eigenvalue weighted by Crippen LogP contribution is -2.37. The standard InChI is InChI=1S/C23H29N7O/c1-17-3-2-4-18(13-17)16-25-27-21-15-23(29-9-11-31-12-10-29)30-22(26-21)14-20(28-30)19-5-7-24-8-6-19/h2-4,13-16,19,24H,5-12H2,1H3,(H,26,27)/b25-16+. The monoisotopic (exact) mass is 419 g/mol. The molecule has 31 heavy (non-hydrogen) atoms. The number of fused-ring (bicyclic) bond motifs is 1. The number of hydrazone groups is 1. The predicted octanol–water partition coefficient (Wildman–Crippen LogP) is 2.79. The van der Waals surface area contributed by atoms with E-state index in [1.165, 1.54) is 5.56 Å². The van der Waals surface area contributed by atoms with E-state index in [0.29, 0.717) is 5.92 Å². The summed E-state index contributed by atoms with van der Waals surface area (Å²) in [6.45, 7) is 7.29. The summed E-state index contributed by atoms with van der Waals surface area (Å²) in [5, 5.41) is 12.8. The first kappa shape index (κ1) is 20.0. The Morgan fingerprint density at radius 2 is 2.00 bits per heavy atom. The summed E-state index contributed by atoms with van der Waals surface area (Å²) in [6, 6.07) is 12.4. The van der Waals surface area contributed by atoms with Gasteiger partial charge in [-0.2, -0.15) is 14.7 Å². The maximum Gasteiger partial charge on any atom is 0.160 e. The third kappa shape index (κ3) is 4.55. The highest BCUT2D eigenvalue weighted by Gasteiger charge is 2.22. The molecule has 2 aliphatic heterocycles. The molecule has 0 bridgehead atoms. The number of benzene rings is 1. The fraction of sp³-hybridized carbons (Fsp3) is 0.435. The zero-order valence-electron chi connectivity index (χ0n) is 17.9. The van der Waals surface area contributed by atoms with Crippen molar-refractivity contribution in [1.29, 1.82) is 0 Å². The summed E-state index contributed by atoms with van der Waals surface area (Å²) in [4.78, 5) is 7.11. The van der Waals surface area contributed by atoms with Crippen LogP contribution in [0, 0.1) is 6.92 Å². The highest BCUT2D eigenvalue weighted by molar-refractivity contribution is 5.80. The molecular formula is C23H29N7O. The molecule has 1 aromatic carbocycles. The van der Waals surface area contributed by atoms with E-state index in [0.717, 1.165) is 80.8 Å². The minimum atomic E-state index is 0.483. The van der Waals surface area contributed by atoms with Crippen molar-refractivity contribution in [2.45, 2.75) is 25.7 Å². The number of hydrogen-bond donors (Lipinski definition) is 2. The van der Waals surface area contributed by atoms with Crippen molar-refractivity contribution in [2.24, 2.45) is 5.10 Å². The van der Waals surface area contributed by atoms with Gasteiger partial charge in [-0.1, -0.05) is 29.8 Å². The topological polar surface area (TPSA) is 79.1 Å². The number of nitrogens with zero attached hydrogens (tertiary/aromatic N) is 5. The normalized spacial score (nSPS) is 18.2. The molecule has 0 unspecified atom stereocenters. The number of hydrogen-bond acceptors (Lipinski definition) is 7. The molecule has 0 radical (unpaired) electrons. The lowest BCUT2D eigenvalue weighted by Gasteiger charge is -2.29. The van der Waals surface area contributed by atoms with E-state index in [-0.39, 0.29) is 0 Å². The number of aromatic nitrogens is 3. The fourth-order valence-electron chi connectivity index (χ4n) is 4.29. The van der Waals surface area contributed by atoms with Gasteiger partial charge < -0.3 is 15.0 Å². The first-order valence-electron chi connectivity index (χ1n) is 11.1. The zero-order valence-corrected chi connectivity index (χ0v) is 17.9. The van der Waals surface area contributed by atoms with Gasteiger partial charge in [0.25, 0.3) is 0 Å². The van der Waals surface area contributed by atoms with Crippen LogP contribution in [0.4, 0.5) is 11.6 Å². The van der Waals surface area contributed by atoms with Gasteiger partial charge in [-0.3, -0.25) is 5.43 Å². The summed E-state index contributed by atoms with van der Waals surface area (Å²) in [7, 11) is 0. The van der Waals surface area contributed by atoms with Gasteiger partial charge in [0.15, 0.2) is 11.5 Å².